The van der Waals surface area contributed by atoms with Crippen LogP contribution < -0.4 is 0 Å². The Labute approximate surface area is 102 Å². The molecule has 0 aromatic carbocycles. The molecule has 0 amide bonds. The Hall–Kier alpha value is -0.940. The molecule has 0 radical (unpaired) electrons. The van der Waals surface area contributed by atoms with Gasteiger partial charge in [0.1, 0.15) is 0 Å². The van der Waals surface area contributed by atoms with Crippen LogP contribution in [-0.4, -0.2) is 32.6 Å². The van der Waals surface area contributed by atoms with Crippen molar-refractivity contribution in [2.24, 2.45) is 0 Å². The molecule has 16 heavy (non-hydrogen) atoms. The van der Waals surface area contributed by atoms with Gasteiger partial charge in [-0.2, -0.15) is 0 Å². The number of hydrogen-bond acceptors (Lipinski definition) is 3. The Kier molecular flexibility index (Phi) is 2.65. The van der Waals surface area contributed by atoms with Crippen molar-refractivity contribution >= 4 is 21.6 Å². The fraction of sp³-hybridized carbons (Fsp3) is 0.455. The molecule has 1 fully saturated rings. The van der Waals surface area contributed by atoms with Gasteiger partial charge in [0.25, 0.3) is 0 Å². The second-order valence-electron chi connectivity index (χ2n) is 4.15. The maximum Gasteiger partial charge on any atom is 0.175 e. The summed E-state index contributed by atoms with van der Waals surface area (Å²) in [5.74, 6) is 1.03. The molecule has 3 heterocycles. The van der Waals surface area contributed by atoms with Crippen LogP contribution in [0, 0.1) is 0 Å². The lowest BCUT2D eigenvalue weighted by Gasteiger charge is -2.12. The number of halogens is 1. The first kappa shape index (κ1) is 10.2. The average Bonchev–Trinajstić information content (AvgIpc) is 2.90. The van der Waals surface area contributed by atoms with E-state index >= 15 is 0 Å². The van der Waals surface area contributed by atoms with E-state index in [-0.39, 0.29) is 0 Å². The van der Waals surface area contributed by atoms with Crippen molar-refractivity contribution < 1.29 is 0 Å². The highest BCUT2D eigenvalue weighted by atomic mass is 79.9. The SMILES string of the molecule is Brc1cccn2c(CN3CCCC3)nnc12. The van der Waals surface area contributed by atoms with Crippen LogP contribution in [0.25, 0.3) is 5.65 Å². The summed E-state index contributed by atoms with van der Waals surface area (Å²) in [6.45, 7) is 3.27. The number of nitrogens with zero attached hydrogens (tertiary/aromatic N) is 4. The number of pyridine rings is 1. The minimum atomic E-state index is 0.900. The van der Waals surface area contributed by atoms with Crippen molar-refractivity contribution in [1.29, 1.82) is 0 Å². The minimum Gasteiger partial charge on any atom is -0.296 e. The van der Waals surface area contributed by atoms with Gasteiger partial charge < -0.3 is 0 Å². The summed E-state index contributed by atoms with van der Waals surface area (Å²) >= 11 is 3.49. The van der Waals surface area contributed by atoms with Gasteiger partial charge in [-0.1, -0.05) is 0 Å². The maximum atomic E-state index is 4.26. The molecule has 3 rings (SSSR count). The molecule has 2 aromatic rings. The van der Waals surface area contributed by atoms with E-state index in [1.807, 2.05) is 18.3 Å². The molecule has 5 heteroatoms. The summed E-state index contributed by atoms with van der Waals surface area (Å²) in [5, 5.41) is 8.46. The summed E-state index contributed by atoms with van der Waals surface area (Å²) < 4.78 is 3.05. The lowest BCUT2D eigenvalue weighted by molar-refractivity contribution is 0.321. The van der Waals surface area contributed by atoms with Crippen LogP contribution in [0.4, 0.5) is 0 Å². The van der Waals surface area contributed by atoms with Crippen LogP contribution in [-0.2, 0) is 6.54 Å². The van der Waals surface area contributed by atoms with E-state index in [1.165, 1.54) is 25.9 Å². The normalized spacial score (nSPS) is 17.3. The average molecular weight is 281 g/mol. The highest BCUT2D eigenvalue weighted by Crippen LogP contribution is 2.18. The quantitative estimate of drug-likeness (QED) is 0.845. The van der Waals surface area contributed by atoms with Gasteiger partial charge in [-0.3, -0.25) is 9.30 Å². The van der Waals surface area contributed by atoms with Crippen molar-refractivity contribution in [1.82, 2.24) is 19.5 Å². The molecule has 0 N–H and O–H groups in total. The largest absolute Gasteiger partial charge is 0.296 e. The molecule has 0 unspecified atom stereocenters. The number of aromatic nitrogens is 3. The smallest absolute Gasteiger partial charge is 0.175 e. The molecule has 1 aliphatic rings. The zero-order chi connectivity index (χ0) is 11.0. The fourth-order valence-corrected chi connectivity index (χ4v) is 2.60. The highest BCUT2D eigenvalue weighted by molar-refractivity contribution is 9.10. The number of hydrogen-bond donors (Lipinski definition) is 0. The standard InChI is InChI=1S/C11H13BrN4/c12-9-4-3-7-16-10(13-14-11(9)16)8-15-5-1-2-6-15/h3-4,7H,1-2,5-6,8H2. The van der Waals surface area contributed by atoms with E-state index in [9.17, 15) is 0 Å². The summed E-state index contributed by atoms with van der Waals surface area (Å²) in [6.07, 6.45) is 4.63. The van der Waals surface area contributed by atoms with E-state index in [4.69, 9.17) is 0 Å². The zero-order valence-corrected chi connectivity index (χ0v) is 10.5. The second-order valence-corrected chi connectivity index (χ2v) is 5.00. The van der Waals surface area contributed by atoms with E-state index in [2.05, 4.69) is 35.4 Å². The monoisotopic (exact) mass is 280 g/mol. The Morgan fingerprint density at radius 1 is 1.25 bits per heavy atom. The van der Waals surface area contributed by atoms with Crippen molar-refractivity contribution in [3.8, 4) is 0 Å². The lowest BCUT2D eigenvalue weighted by atomic mass is 10.4. The van der Waals surface area contributed by atoms with Crippen molar-refractivity contribution in [3.63, 3.8) is 0 Å². The van der Waals surface area contributed by atoms with E-state index < -0.39 is 0 Å². The third-order valence-corrected chi connectivity index (χ3v) is 3.64. The van der Waals surface area contributed by atoms with Gasteiger partial charge >= 0.3 is 0 Å². The van der Waals surface area contributed by atoms with Gasteiger partial charge in [-0.25, -0.2) is 0 Å². The Morgan fingerprint density at radius 2 is 2.06 bits per heavy atom. The molecule has 0 aliphatic carbocycles. The molecule has 1 saturated heterocycles. The van der Waals surface area contributed by atoms with Crippen molar-refractivity contribution in [2.75, 3.05) is 13.1 Å². The first-order valence-electron chi connectivity index (χ1n) is 5.55. The molecule has 4 nitrogen and oxygen atoms in total. The molecular weight excluding hydrogens is 268 g/mol. The van der Waals surface area contributed by atoms with Crippen molar-refractivity contribution in [3.05, 3.63) is 28.6 Å². The zero-order valence-electron chi connectivity index (χ0n) is 8.93. The summed E-state index contributed by atoms with van der Waals surface area (Å²) in [5.41, 5.74) is 0.900. The van der Waals surface area contributed by atoms with Crippen molar-refractivity contribution in [2.45, 2.75) is 19.4 Å². The van der Waals surface area contributed by atoms with Crippen LogP contribution in [0.3, 0.4) is 0 Å². The molecule has 2 aromatic heterocycles. The number of likely N-dealkylation sites (tertiary alicyclic amines) is 1. The Bertz CT molecular complexity index is 502. The van der Waals surface area contributed by atoms with Crippen LogP contribution in [0.5, 0.6) is 0 Å². The maximum absolute atomic E-state index is 4.26. The predicted octanol–water partition coefficient (Wildman–Crippen LogP) is 2.09. The first-order valence-corrected chi connectivity index (χ1v) is 6.34. The van der Waals surface area contributed by atoms with Crippen LogP contribution in [0.1, 0.15) is 18.7 Å². The first-order chi connectivity index (χ1) is 7.84. The minimum absolute atomic E-state index is 0.900. The topological polar surface area (TPSA) is 33.4 Å². The lowest BCUT2D eigenvalue weighted by Crippen LogP contribution is -2.20. The van der Waals surface area contributed by atoms with Crippen LogP contribution in [0.15, 0.2) is 22.8 Å². The molecule has 0 saturated carbocycles. The summed E-state index contributed by atoms with van der Waals surface area (Å²) in [6, 6.07) is 4.00. The van der Waals surface area contributed by atoms with E-state index in [0.29, 0.717) is 0 Å². The molecule has 0 atom stereocenters. The van der Waals surface area contributed by atoms with Gasteiger partial charge in [-0.05, 0) is 54.0 Å². The fourth-order valence-electron chi connectivity index (χ4n) is 2.18. The Balaban J connectivity index is 1.94. The van der Waals surface area contributed by atoms with Crippen LogP contribution >= 0.6 is 15.9 Å². The Morgan fingerprint density at radius 3 is 2.88 bits per heavy atom. The van der Waals surface area contributed by atoms with Gasteiger partial charge in [0.2, 0.25) is 0 Å². The number of fused-ring (bicyclic) bond motifs is 1. The molecule has 1 aliphatic heterocycles. The third-order valence-electron chi connectivity index (χ3n) is 3.02. The highest BCUT2D eigenvalue weighted by Gasteiger charge is 2.15. The molecule has 0 spiro atoms. The van der Waals surface area contributed by atoms with Gasteiger partial charge in [-0.15, -0.1) is 10.2 Å². The van der Waals surface area contributed by atoms with Gasteiger partial charge in [0, 0.05) is 6.20 Å². The third kappa shape index (κ3) is 1.74. The second kappa shape index (κ2) is 4.14. The summed E-state index contributed by atoms with van der Waals surface area (Å²) in [4.78, 5) is 2.43. The molecular formula is C11H13BrN4. The van der Waals surface area contributed by atoms with E-state index in [0.717, 1.165) is 22.5 Å². The predicted molar refractivity (Wildman–Crippen MR) is 65.2 cm³/mol. The van der Waals surface area contributed by atoms with Gasteiger partial charge in [0.05, 0.1) is 11.0 Å². The molecule has 0 bridgehead atoms. The number of rotatable bonds is 2. The van der Waals surface area contributed by atoms with Gasteiger partial charge in [0.15, 0.2) is 11.5 Å². The molecule has 84 valence electrons. The summed E-state index contributed by atoms with van der Waals surface area (Å²) in [7, 11) is 0. The van der Waals surface area contributed by atoms with E-state index in [1.54, 1.807) is 0 Å². The van der Waals surface area contributed by atoms with Crippen LogP contribution in [0.2, 0.25) is 0 Å².